The van der Waals surface area contributed by atoms with Gasteiger partial charge >= 0.3 is 0 Å². The van der Waals surface area contributed by atoms with Gasteiger partial charge in [-0.3, -0.25) is 4.90 Å². The van der Waals surface area contributed by atoms with Gasteiger partial charge in [0.2, 0.25) is 0 Å². The van der Waals surface area contributed by atoms with Gasteiger partial charge in [-0.1, -0.05) is 49.6 Å². The van der Waals surface area contributed by atoms with Crippen molar-refractivity contribution in [1.29, 1.82) is 0 Å². The number of hydrogen-bond acceptors (Lipinski definition) is 2. The molecular weight excluding hydrogens is 246 g/mol. The number of β-amino-alcohol motifs (C(OH)–C–C–N with tert-alkyl or cyclic N) is 1. The number of aliphatic hydroxyl groups excluding tert-OH is 1. The van der Waals surface area contributed by atoms with Crippen LogP contribution in [0.25, 0.3) is 0 Å². The summed E-state index contributed by atoms with van der Waals surface area (Å²) in [6.45, 7) is 3.16. The predicted octanol–water partition coefficient (Wildman–Crippen LogP) is 3.35. The molecule has 3 rings (SSSR count). The van der Waals surface area contributed by atoms with E-state index in [9.17, 15) is 5.11 Å². The van der Waals surface area contributed by atoms with Crippen LogP contribution in [0, 0.1) is 0 Å². The minimum Gasteiger partial charge on any atom is -0.392 e. The van der Waals surface area contributed by atoms with Crippen molar-refractivity contribution >= 4 is 0 Å². The molecule has 0 amide bonds. The van der Waals surface area contributed by atoms with Crippen molar-refractivity contribution in [3.63, 3.8) is 0 Å². The lowest BCUT2D eigenvalue weighted by Crippen LogP contribution is -2.47. The van der Waals surface area contributed by atoms with Crippen LogP contribution in [0.2, 0.25) is 0 Å². The van der Waals surface area contributed by atoms with Crippen LogP contribution in [0.15, 0.2) is 30.3 Å². The van der Waals surface area contributed by atoms with E-state index >= 15 is 0 Å². The molecule has 0 bridgehead atoms. The summed E-state index contributed by atoms with van der Waals surface area (Å²) >= 11 is 0. The summed E-state index contributed by atoms with van der Waals surface area (Å²) in [4.78, 5) is 2.51. The van der Waals surface area contributed by atoms with Gasteiger partial charge in [0.15, 0.2) is 0 Å². The van der Waals surface area contributed by atoms with Crippen LogP contribution in [0.5, 0.6) is 0 Å². The molecule has 1 heterocycles. The van der Waals surface area contributed by atoms with Gasteiger partial charge in [0, 0.05) is 18.5 Å². The summed E-state index contributed by atoms with van der Waals surface area (Å²) in [5.74, 6) is 0. The van der Waals surface area contributed by atoms with Gasteiger partial charge in [0.25, 0.3) is 0 Å². The van der Waals surface area contributed by atoms with Crippen LogP contribution in [-0.2, 0) is 5.41 Å². The third kappa shape index (κ3) is 3.07. The lowest BCUT2D eigenvalue weighted by atomic mass is 9.69. The van der Waals surface area contributed by atoms with E-state index in [1.165, 1.54) is 37.7 Å². The van der Waals surface area contributed by atoms with E-state index in [2.05, 4.69) is 35.2 Å². The first-order valence-corrected chi connectivity index (χ1v) is 8.24. The molecule has 1 N–H and O–H groups in total. The minimum atomic E-state index is -0.111. The second-order valence-corrected chi connectivity index (χ2v) is 6.74. The fourth-order valence-electron chi connectivity index (χ4n) is 4.16. The average molecular weight is 273 g/mol. The highest BCUT2D eigenvalue weighted by atomic mass is 16.3. The maximum atomic E-state index is 9.92. The van der Waals surface area contributed by atoms with Gasteiger partial charge < -0.3 is 5.11 Å². The molecule has 1 saturated heterocycles. The first kappa shape index (κ1) is 14.1. The molecule has 0 radical (unpaired) electrons. The number of benzene rings is 1. The number of nitrogens with zero attached hydrogens (tertiary/aromatic N) is 1. The van der Waals surface area contributed by atoms with Crippen molar-refractivity contribution < 1.29 is 5.11 Å². The smallest absolute Gasteiger partial charge is 0.0667 e. The Hall–Kier alpha value is -0.860. The van der Waals surface area contributed by atoms with Gasteiger partial charge in [0.1, 0.15) is 0 Å². The van der Waals surface area contributed by atoms with E-state index < -0.39 is 0 Å². The molecule has 0 spiro atoms. The molecule has 1 aromatic carbocycles. The van der Waals surface area contributed by atoms with Crippen molar-refractivity contribution in [3.8, 4) is 0 Å². The lowest BCUT2D eigenvalue weighted by molar-refractivity contribution is 0.0510. The Morgan fingerprint density at radius 1 is 1.05 bits per heavy atom. The fraction of sp³-hybridized carbons (Fsp3) is 0.667. The van der Waals surface area contributed by atoms with E-state index in [0.717, 1.165) is 32.5 Å². The number of hydrogen-bond donors (Lipinski definition) is 1. The Morgan fingerprint density at radius 3 is 2.50 bits per heavy atom. The Balaban J connectivity index is 1.79. The zero-order valence-electron chi connectivity index (χ0n) is 12.4. The maximum Gasteiger partial charge on any atom is 0.0667 e. The summed E-state index contributed by atoms with van der Waals surface area (Å²) in [7, 11) is 0. The number of piperidine rings is 1. The van der Waals surface area contributed by atoms with Gasteiger partial charge in [-0.2, -0.15) is 0 Å². The largest absolute Gasteiger partial charge is 0.392 e. The van der Waals surface area contributed by atoms with Crippen molar-refractivity contribution in [3.05, 3.63) is 35.9 Å². The molecule has 2 aliphatic rings. The number of aliphatic hydroxyl groups is 1. The topological polar surface area (TPSA) is 23.5 Å². The predicted molar refractivity (Wildman–Crippen MR) is 82.9 cm³/mol. The molecule has 0 aromatic heterocycles. The normalized spacial score (nSPS) is 27.4. The minimum absolute atomic E-state index is 0.111. The molecular formula is C18H27NO. The van der Waals surface area contributed by atoms with Gasteiger partial charge in [0.05, 0.1) is 6.10 Å². The average Bonchev–Trinajstić information content (AvgIpc) is 2.49. The van der Waals surface area contributed by atoms with E-state index in [4.69, 9.17) is 0 Å². The summed E-state index contributed by atoms with van der Waals surface area (Å²) < 4.78 is 0. The van der Waals surface area contributed by atoms with Crippen molar-refractivity contribution in [2.45, 2.75) is 56.5 Å². The van der Waals surface area contributed by atoms with Crippen LogP contribution in [-0.4, -0.2) is 35.7 Å². The molecule has 1 aliphatic carbocycles. The van der Waals surface area contributed by atoms with Crippen molar-refractivity contribution in [2.75, 3.05) is 19.6 Å². The summed E-state index contributed by atoms with van der Waals surface area (Å²) in [6.07, 6.45) is 8.72. The van der Waals surface area contributed by atoms with Crippen LogP contribution < -0.4 is 0 Å². The van der Waals surface area contributed by atoms with E-state index in [1.54, 1.807) is 0 Å². The lowest BCUT2D eigenvalue weighted by Gasteiger charge is -2.43. The van der Waals surface area contributed by atoms with E-state index in [1.807, 2.05) is 0 Å². The Kier molecular flexibility index (Phi) is 4.42. The highest BCUT2D eigenvalue weighted by Gasteiger charge is 2.36. The molecule has 1 saturated carbocycles. The number of rotatable bonds is 3. The van der Waals surface area contributed by atoms with Crippen LogP contribution in [0.3, 0.4) is 0 Å². The van der Waals surface area contributed by atoms with Gasteiger partial charge in [-0.05, 0) is 37.8 Å². The highest BCUT2D eigenvalue weighted by molar-refractivity contribution is 5.26. The Bertz CT molecular complexity index is 411. The molecule has 20 heavy (non-hydrogen) atoms. The Morgan fingerprint density at radius 2 is 1.80 bits per heavy atom. The van der Waals surface area contributed by atoms with Crippen LogP contribution >= 0.6 is 0 Å². The summed E-state index contributed by atoms with van der Waals surface area (Å²) in [5, 5.41) is 9.92. The first-order chi connectivity index (χ1) is 9.78. The fourth-order valence-corrected chi connectivity index (χ4v) is 4.16. The summed E-state index contributed by atoms with van der Waals surface area (Å²) in [5.41, 5.74) is 1.84. The molecule has 2 heteroatoms. The molecule has 1 aromatic rings. The van der Waals surface area contributed by atoms with Gasteiger partial charge in [-0.25, -0.2) is 0 Å². The first-order valence-electron chi connectivity index (χ1n) is 8.24. The zero-order chi connectivity index (χ0) is 13.8. The second-order valence-electron chi connectivity index (χ2n) is 6.74. The molecule has 110 valence electrons. The quantitative estimate of drug-likeness (QED) is 0.913. The van der Waals surface area contributed by atoms with Crippen LogP contribution in [0.1, 0.15) is 50.5 Å². The van der Waals surface area contributed by atoms with E-state index in [0.29, 0.717) is 5.41 Å². The zero-order valence-corrected chi connectivity index (χ0v) is 12.4. The third-order valence-corrected chi connectivity index (χ3v) is 5.20. The number of likely N-dealkylation sites (tertiary alicyclic amines) is 1. The monoisotopic (exact) mass is 273 g/mol. The third-order valence-electron chi connectivity index (χ3n) is 5.20. The molecule has 1 aliphatic heterocycles. The molecule has 1 atom stereocenters. The Labute approximate surface area is 122 Å². The molecule has 2 fully saturated rings. The van der Waals surface area contributed by atoms with Crippen molar-refractivity contribution in [1.82, 2.24) is 4.90 Å². The van der Waals surface area contributed by atoms with Crippen molar-refractivity contribution in [2.24, 2.45) is 0 Å². The molecule has 1 unspecified atom stereocenters. The standard InChI is InChI=1S/C18H27NO/c20-17-10-7-13-19(14-17)15-18(11-5-2-6-12-18)16-8-3-1-4-9-16/h1,3-4,8-9,17,20H,2,5-7,10-15H2. The van der Waals surface area contributed by atoms with Crippen LogP contribution in [0.4, 0.5) is 0 Å². The highest BCUT2D eigenvalue weighted by Crippen LogP contribution is 2.40. The van der Waals surface area contributed by atoms with E-state index in [-0.39, 0.29) is 6.10 Å². The SMILES string of the molecule is OC1CCCN(CC2(c3ccccc3)CCCCC2)C1. The second kappa shape index (κ2) is 6.28. The maximum absolute atomic E-state index is 9.92. The summed E-state index contributed by atoms with van der Waals surface area (Å²) in [6, 6.07) is 11.1. The molecule has 2 nitrogen and oxygen atoms in total. The van der Waals surface area contributed by atoms with Gasteiger partial charge in [-0.15, -0.1) is 0 Å².